The second kappa shape index (κ2) is 5.64. The van der Waals surface area contributed by atoms with Gasteiger partial charge >= 0.3 is 5.97 Å². The van der Waals surface area contributed by atoms with Gasteiger partial charge < -0.3 is 10.4 Å². The first kappa shape index (κ1) is 14.6. The van der Waals surface area contributed by atoms with Crippen molar-refractivity contribution in [2.75, 3.05) is 0 Å². The van der Waals surface area contributed by atoms with Gasteiger partial charge in [-0.1, -0.05) is 0 Å². The summed E-state index contributed by atoms with van der Waals surface area (Å²) in [4.78, 5) is 22.9. The molecule has 0 aliphatic heterocycles. The molecule has 1 saturated carbocycles. The number of nitrogens with one attached hydrogen (secondary N) is 1. The predicted octanol–water partition coefficient (Wildman–Crippen LogP) is 0.949. The normalized spacial score (nSPS) is 15.9. The van der Waals surface area contributed by atoms with Gasteiger partial charge in [-0.05, 0) is 32.6 Å². The molecule has 1 fully saturated rings. The highest BCUT2D eigenvalue weighted by molar-refractivity contribution is 5.80. The van der Waals surface area contributed by atoms with E-state index in [0.29, 0.717) is 5.92 Å². The van der Waals surface area contributed by atoms with Crippen LogP contribution in [0.3, 0.4) is 0 Å². The van der Waals surface area contributed by atoms with Crippen LogP contribution in [0.2, 0.25) is 0 Å². The average Bonchev–Trinajstić information content (AvgIpc) is 3.14. The molecule has 2 N–H and O–H groups in total. The van der Waals surface area contributed by atoms with E-state index in [4.69, 9.17) is 5.11 Å². The van der Waals surface area contributed by atoms with Crippen LogP contribution in [0.5, 0.6) is 0 Å². The second-order valence-corrected chi connectivity index (χ2v) is 5.56. The number of carboxylic acids is 1. The molecule has 20 heavy (non-hydrogen) atoms. The van der Waals surface area contributed by atoms with Crippen molar-refractivity contribution in [3.63, 3.8) is 0 Å². The first-order valence-electron chi connectivity index (χ1n) is 6.88. The fourth-order valence-electron chi connectivity index (χ4n) is 2.51. The summed E-state index contributed by atoms with van der Waals surface area (Å²) in [7, 11) is 1.85. The predicted molar refractivity (Wildman–Crippen MR) is 73.3 cm³/mol. The molecular formula is C14H21N3O3. The quantitative estimate of drug-likeness (QED) is 0.812. The van der Waals surface area contributed by atoms with Crippen molar-refractivity contribution in [3.8, 4) is 0 Å². The largest absolute Gasteiger partial charge is 0.481 e. The molecule has 1 aliphatic rings. The Bertz CT molecular complexity index is 532. The van der Waals surface area contributed by atoms with Gasteiger partial charge in [-0.15, -0.1) is 0 Å². The van der Waals surface area contributed by atoms with Gasteiger partial charge in [-0.25, -0.2) is 0 Å². The topological polar surface area (TPSA) is 84.2 Å². The van der Waals surface area contributed by atoms with E-state index in [2.05, 4.69) is 10.4 Å². The van der Waals surface area contributed by atoms with Gasteiger partial charge in [0.15, 0.2) is 0 Å². The zero-order valence-electron chi connectivity index (χ0n) is 12.1. The van der Waals surface area contributed by atoms with E-state index in [-0.39, 0.29) is 24.8 Å². The van der Waals surface area contributed by atoms with Crippen LogP contribution in [-0.2, 0) is 23.1 Å². The van der Waals surface area contributed by atoms with Crippen molar-refractivity contribution in [2.24, 2.45) is 13.0 Å². The number of aliphatic carboxylic acids is 1. The van der Waals surface area contributed by atoms with Crippen LogP contribution >= 0.6 is 0 Å². The Balaban J connectivity index is 1.98. The minimum atomic E-state index is -0.865. The third kappa shape index (κ3) is 3.37. The summed E-state index contributed by atoms with van der Waals surface area (Å²) in [5.41, 5.74) is 2.75. The van der Waals surface area contributed by atoms with Crippen molar-refractivity contribution in [3.05, 3.63) is 17.0 Å². The molecule has 1 aromatic rings. The summed E-state index contributed by atoms with van der Waals surface area (Å²) in [6.07, 6.45) is 2.27. The lowest BCUT2D eigenvalue weighted by atomic mass is 10.1. The number of nitrogens with zero attached hydrogens (tertiary/aromatic N) is 2. The highest BCUT2D eigenvalue weighted by Crippen LogP contribution is 2.34. The zero-order chi connectivity index (χ0) is 14.9. The average molecular weight is 279 g/mol. The van der Waals surface area contributed by atoms with Crippen LogP contribution in [0.15, 0.2) is 0 Å². The van der Waals surface area contributed by atoms with Crippen molar-refractivity contribution in [1.82, 2.24) is 15.1 Å². The summed E-state index contributed by atoms with van der Waals surface area (Å²) < 4.78 is 1.76. The summed E-state index contributed by atoms with van der Waals surface area (Å²) in [5, 5.41) is 16.0. The van der Waals surface area contributed by atoms with E-state index >= 15 is 0 Å². The van der Waals surface area contributed by atoms with E-state index in [0.717, 1.165) is 29.8 Å². The number of aromatic nitrogens is 2. The van der Waals surface area contributed by atoms with Gasteiger partial charge in [0.25, 0.3) is 0 Å². The van der Waals surface area contributed by atoms with Crippen LogP contribution < -0.4 is 5.32 Å². The smallest absolute Gasteiger partial charge is 0.305 e. The summed E-state index contributed by atoms with van der Waals surface area (Å²) >= 11 is 0. The highest BCUT2D eigenvalue weighted by atomic mass is 16.4. The maximum atomic E-state index is 12.1. The number of carbonyl (C=O) groups is 2. The maximum Gasteiger partial charge on any atom is 0.305 e. The molecule has 0 aromatic carbocycles. The van der Waals surface area contributed by atoms with Gasteiger partial charge in [0.05, 0.1) is 18.5 Å². The molecule has 110 valence electrons. The number of hydrogen-bond donors (Lipinski definition) is 2. The Kier molecular flexibility index (Phi) is 4.11. The number of carbonyl (C=O) groups excluding carboxylic acids is 1. The fourth-order valence-corrected chi connectivity index (χ4v) is 2.51. The maximum absolute atomic E-state index is 12.1. The molecular weight excluding hydrogens is 258 g/mol. The van der Waals surface area contributed by atoms with Gasteiger partial charge in [0.1, 0.15) is 0 Å². The Morgan fingerprint density at radius 1 is 1.45 bits per heavy atom. The van der Waals surface area contributed by atoms with E-state index < -0.39 is 5.97 Å². The van der Waals surface area contributed by atoms with E-state index in [9.17, 15) is 9.59 Å². The second-order valence-electron chi connectivity index (χ2n) is 5.56. The van der Waals surface area contributed by atoms with Crippen LogP contribution in [0.1, 0.15) is 36.2 Å². The van der Waals surface area contributed by atoms with E-state index in [1.54, 1.807) is 4.68 Å². The van der Waals surface area contributed by atoms with Crippen molar-refractivity contribution < 1.29 is 14.7 Å². The Labute approximate surface area is 118 Å². The Morgan fingerprint density at radius 3 is 2.55 bits per heavy atom. The molecule has 1 unspecified atom stereocenters. The molecule has 1 atom stereocenters. The van der Waals surface area contributed by atoms with E-state index in [1.807, 2.05) is 20.9 Å². The van der Waals surface area contributed by atoms with Gasteiger partial charge in [-0.3, -0.25) is 14.3 Å². The number of aryl methyl sites for hydroxylation is 2. The number of carboxylic acid groups (broad SMARTS) is 1. The van der Waals surface area contributed by atoms with Crippen LogP contribution in [-0.4, -0.2) is 32.8 Å². The first-order chi connectivity index (χ1) is 9.38. The molecule has 0 saturated heterocycles. The summed E-state index contributed by atoms with van der Waals surface area (Å²) in [5.74, 6) is -0.663. The standard InChI is InChI=1S/C14H21N3O3/c1-8-11(9(2)17(3)16-8)6-13(18)15-12(7-14(19)20)10-4-5-10/h10,12H,4-7H2,1-3H3,(H,15,18)(H,19,20). The fraction of sp³-hybridized carbons (Fsp3) is 0.643. The number of amides is 1. The highest BCUT2D eigenvalue weighted by Gasteiger charge is 2.33. The van der Waals surface area contributed by atoms with Crippen molar-refractivity contribution in [2.45, 2.75) is 45.6 Å². The molecule has 0 radical (unpaired) electrons. The monoisotopic (exact) mass is 279 g/mol. The van der Waals surface area contributed by atoms with Gasteiger partial charge in [-0.2, -0.15) is 5.10 Å². The molecule has 1 aliphatic carbocycles. The van der Waals surface area contributed by atoms with Crippen LogP contribution in [0, 0.1) is 19.8 Å². The van der Waals surface area contributed by atoms with E-state index in [1.165, 1.54) is 0 Å². The molecule has 6 nitrogen and oxygen atoms in total. The third-order valence-electron chi connectivity index (χ3n) is 3.93. The lowest BCUT2D eigenvalue weighted by Gasteiger charge is -2.16. The molecule has 1 heterocycles. The minimum absolute atomic E-state index is 0.00140. The molecule has 1 amide bonds. The lowest BCUT2D eigenvalue weighted by molar-refractivity contribution is -0.137. The first-order valence-corrected chi connectivity index (χ1v) is 6.88. The van der Waals surface area contributed by atoms with Crippen molar-refractivity contribution >= 4 is 11.9 Å². The molecule has 1 aromatic heterocycles. The number of rotatable bonds is 6. The Hall–Kier alpha value is -1.85. The SMILES string of the molecule is Cc1nn(C)c(C)c1CC(=O)NC(CC(=O)O)C1CC1. The Morgan fingerprint density at radius 2 is 2.10 bits per heavy atom. The summed E-state index contributed by atoms with van der Waals surface area (Å²) in [6.45, 7) is 3.81. The van der Waals surface area contributed by atoms with Gasteiger partial charge in [0, 0.05) is 24.3 Å². The molecule has 0 spiro atoms. The van der Waals surface area contributed by atoms with Crippen LogP contribution in [0.25, 0.3) is 0 Å². The van der Waals surface area contributed by atoms with Crippen molar-refractivity contribution in [1.29, 1.82) is 0 Å². The minimum Gasteiger partial charge on any atom is -0.481 e. The third-order valence-corrected chi connectivity index (χ3v) is 3.93. The lowest BCUT2D eigenvalue weighted by Crippen LogP contribution is -2.39. The van der Waals surface area contributed by atoms with Crippen LogP contribution in [0.4, 0.5) is 0 Å². The zero-order valence-corrected chi connectivity index (χ0v) is 12.1. The summed E-state index contributed by atoms with van der Waals surface area (Å²) in [6, 6.07) is -0.239. The molecule has 0 bridgehead atoms. The number of hydrogen-bond acceptors (Lipinski definition) is 3. The van der Waals surface area contributed by atoms with Gasteiger partial charge in [0.2, 0.25) is 5.91 Å². The molecule has 2 rings (SSSR count). The molecule has 6 heteroatoms.